The van der Waals surface area contributed by atoms with Crippen molar-refractivity contribution in [3.8, 4) is 22.8 Å². The highest BCUT2D eigenvalue weighted by Crippen LogP contribution is 2.32. The van der Waals surface area contributed by atoms with E-state index in [4.69, 9.17) is 24.7 Å². The summed E-state index contributed by atoms with van der Waals surface area (Å²) in [6, 6.07) is 15.2. The van der Waals surface area contributed by atoms with Gasteiger partial charge in [-0.25, -0.2) is 19.9 Å². The van der Waals surface area contributed by atoms with Gasteiger partial charge < -0.3 is 19.6 Å². The minimum Gasteiger partial charge on any atom is -0.504 e. The van der Waals surface area contributed by atoms with Crippen LogP contribution in [0.4, 0.5) is 11.6 Å². The number of para-hydroxylation sites is 1. The van der Waals surface area contributed by atoms with Gasteiger partial charge in [-0.15, -0.1) is 24.8 Å². The zero-order valence-corrected chi connectivity index (χ0v) is 22.6. The van der Waals surface area contributed by atoms with E-state index >= 15 is 0 Å². The van der Waals surface area contributed by atoms with Crippen molar-refractivity contribution in [1.29, 1.82) is 0 Å². The molecule has 0 atom stereocenters. The molecule has 0 aliphatic carbocycles. The monoisotopic (exact) mass is 540 g/mol. The molecule has 0 bridgehead atoms. The maximum absolute atomic E-state index is 10.3. The number of rotatable bonds is 6. The third kappa shape index (κ3) is 6.03. The molecular weight excluding hydrogens is 511 g/mol. The van der Waals surface area contributed by atoms with Gasteiger partial charge >= 0.3 is 0 Å². The standard InChI is InChI=1S/C27H28N6O2.2ClH/c1-32(2)27-19-8-4-5-9-20(19)28-25(31-27)13-12-24-29-21(17-26(30-24)33-14-6-7-15-33)18-10-11-23(35-3)22(34)16-18;;/h4-5,8-13,16-17,34H,6-7,14-15H2,1-3H3;2*1H. The van der Waals surface area contributed by atoms with E-state index in [9.17, 15) is 5.11 Å². The number of anilines is 2. The van der Waals surface area contributed by atoms with Crippen molar-refractivity contribution in [2.45, 2.75) is 12.8 Å². The molecule has 1 aliphatic rings. The summed E-state index contributed by atoms with van der Waals surface area (Å²) in [5, 5.41) is 11.3. The van der Waals surface area contributed by atoms with Gasteiger partial charge in [-0.05, 0) is 55.3 Å². The van der Waals surface area contributed by atoms with Crippen LogP contribution in [0.15, 0.2) is 48.5 Å². The molecular formula is C27H30Cl2N6O2. The van der Waals surface area contributed by atoms with E-state index in [-0.39, 0.29) is 30.6 Å². The number of fused-ring (bicyclic) bond motifs is 1. The molecule has 0 saturated carbocycles. The Morgan fingerprint density at radius 3 is 2.27 bits per heavy atom. The summed E-state index contributed by atoms with van der Waals surface area (Å²) < 4.78 is 5.19. The van der Waals surface area contributed by atoms with Gasteiger partial charge in [-0.3, -0.25) is 0 Å². The Morgan fingerprint density at radius 2 is 1.59 bits per heavy atom. The molecule has 1 saturated heterocycles. The lowest BCUT2D eigenvalue weighted by Crippen LogP contribution is -2.19. The maximum Gasteiger partial charge on any atom is 0.160 e. The predicted molar refractivity (Wildman–Crippen MR) is 154 cm³/mol. The molecule has 0 radical (unpaired) electrons. The molecule has 194 valence electrons. The number of halogens is 2. The van der Waals surface area contributed by atoms with E-state index in [1.54, 1.807) is 12.1 Å². The van der Waals surface area contributed by atoms with Crippen LogP contribution in [0.3, 0.4) is 0 Å². The molecule has 8 nitrogen and oxygen atoms in total. The SMILES string of the molecule is COc1ccc(-c2cc(N3CCCC3)nc(C=Cc3nc(N(C)C)c4ccccc4n3)n2)cc1O.Cl.Cl. The minimum absolute atomic E-state index is 0. The summed E-state index contributed by atoms with van der Waals surface area (Å²) in [4.78, 5) is 23.3. The number of benzene rings is 2. The van der Waals surface area contributed by atoms with E-state index in [0.717, 1.165) is 59.7 Å². The Balaban J connectivity index is 0.00000190. The second-order valence-electron chi connectivity index (χ2n) is 8.70. The van der Waals surface area contributed by atoms with Gasteiger partial charge in [0.15, 0.2) is 23.1 Å². The van der Waals surface area contributed by atoms with Gasteiger partial charge in [0.1, 0.15) is 11.6 Å². The topological polar surface area (TPSA) is 87.5 Å². The van der Waals surface area contributed by atoms with Crippen LogP contribution in [-0.2, 0) is 0 Å². The van der Waals surface area contributed by atoms with Gasteiger partial charge in [-0.2, -0.15) is 0 Å². The first kappa shape index (κ1) is 28.0. The lowest BCUT2D eigenvalue weighted by Gasteiger charge is -2.18. The quantitative estimate of drug-likeness (QED) is 0.344. The lowest BCUT2D eigenvalue weighted by atomic mass is 10.1. The normalized spacial score (nSPS) is 12.9. The molecule has 2 aromatic carbocycles. The van der Waals surface area contributed by atoms with Crippen LogP contribution < -0.4 is 14.5 Å². The molecule has 1 N–H and O–H groups in total. The fraction of sp³-hybridized carbons (Fsp3) is 0.259. The van der Waals surface area contributed by atoms with E-state index < -0.39 is 0 Å². The fourth-order valence-corrected chi connectivity index (χ4v) is 4.27. The number of methoxy groups -OCH3 is 1. The van der Waals surface area contributed by atoms with Crippen molar-refractivity contribution in [2.24, 2.45) is 0 Å². The molecule has 5 rings (SSSR count). The van der Waals surface area contributed by atoms with Crippen LogP contribution in [0.25, 0.3) is 34.3 Å². The Labute approximate surface area is 228 Å². The summed E-state index contributed by atoms with van der Waals surface area (Å²) in [6.45, 7) is 1.93. The first-order chi connectivity index (χ1) is 17.0. The molecule has 2 aromatic heterocycles. The van der Waals surface area contributed by atoms with Crippen molar-refractivity contribution < 1.29 is 9.84 Å². The molecule has 37 heavy (non-hydrogen) atoms. The molecule has 4 aromatic rings. The summed E-state index contributed by atoms with van der Waals surface area (Å²) in [6.07, 6.45) is 5.98. The van der Waals surface area contributed by atoms with Crippen molar-refractivity contribution in [2.75, 3.05) is 44.1 Å². The third-order valence-corrected chi connectivity index (χ3v) is 6.04. The molecule has 0 amide bonds. The van der Waals surface area contributed by atoms with Crippen molar-refractivity contribution in [3.05, 3.63) is 60.2 Å². The molecule has 3 heterocycles. The second kappa shape index (κ2) is 12.1. The number of hydrogen-bond acceptors (Lipinski definition) is 8. The van der Waals surface area contributed by atoms with Crippen molar-refractivity contribution in [1.82, 2.24) is 19.9 Å². The van der Waals surface area contributed by atoms with Crippen LogP contribution in [0, 0.1) is 0 Å². The van der Waals surface area contributed by atoms with Gasteiger partial charge in [0.05, 0.1) is 18.3 Å². The Bertz CT molecular complexity index is 1410. The fourth-order valence-electron chi connectivity index (χ4n) is 4.27. The number of ether oxygens (including phenoxy) is 1. The Hall–Kier alpha value is -3.62. The Kier molecular flexibility index (Phi) is 9.13. The van der Waals surface area contributed by atoms with Crippen molar-refractivity contribution in [3.63, 3.8) is 0 Å². The number of nitrogens with zero attached hydrogens (tertiary/aromatic N) is 6. The van der Waals surface area contributed by atoms with E-state index in [1.807, 2.05) is 67.5 Å². The highest BCUT2D eigenvalue weighted by molar-refractivity contribution is 5.90. The molecule has 0 spiro atoms. The number of phenols is 1. The highest BCUT2D eigenvalue weighted by atomic mass is 35.5. The second-order valence-corrected chi connectivity index (χ2v) is 8.70. The average molecular weight is 541 g/mol. The third-order valence-electron chi connectivity index (χ3n) is 6.04. The van der Waals surface area contributed by atoms with Crippen molar-refractivity contribution >= 4 is 59.5 Å². The van der Waals surface area contributed by atoms with Gasteiger partial charge in [0, 0.05) is 44.2 Å². The van der Waals surface area contributed by atoms with Crippen LogP contribution in [0.5, 0.6) is 11.5 Å². The van der Waals surface area contributed by atoms with Crippen LogP contribution in [-0.4, -0.2) is 59.3 Å². The van der Waals surface area contributed by atoms with Gasteiger partial charge in [-0.1, -0.05) is 12.1 Å². The maximum atomic E-state index is 10.3. The number of aromatic nitrogens is 4. The Morgan fingerprint density at radius 1 is 0.892 bits per heavy atom. The summed E-state index contributed by atoms with van der Waals surface area (Å²) in [5.41, 5.74) is 2.40. The summed E-state index contributed by atoms with van der Waals surface area (Å²) in [5.74, 6) is 3.37. The molecule has 1 fully saturated rings. The lowest BCUT2D eigenvalue weighted by molar-refractivity contribution is 0.373. The average Bonchev–Trinajstić information content (AvgIpc) is 3.42. The molecule has 1 aliphatic heterocycles. The number of phenolic OH excluding ortho intramolecular Hbond substituents is 1. The van der Waals surface area contributed by atoms with E-state index in [1.165, 1.54) is 7.11 Å². The summed E-state index contributed by atoms with van der Waals surface area (Å²) >= 11 is 0. The van der Waals surface area contributed by atoms with Gasteiger partial charge in [0.2, 0.25) is 0 Å². The predicted octanol–water partition coefficient (Wildman–Crippen LogP) is 5.48. The first-order valence-corrected chi connectivity index (χ1v) is 11.7. The molecule has 0 unspecified atom stereocenters. The highest BCUT2D eigenvalue weighted by Gasteiger charge is 2.17. The van der Waals surface area contributed by atoms with Crippen LogP contribution in [0.1, 0.15) is 24.5 Å². The molecule has 10 heteroatoms. The van der Waals surface area contributed by atoms with Gasteiger partial charge in [0.25, 0.3) is 0 Å². The zero-order chi connectivity index (χ0) is 24.4. The zero-order valence-electron chi connectivity index (χ0n) is 21.0. The summed E-state index contributed by atoms with van der Waals surface area (Å²) in [7, 11) is 5.48. The van der Waals surface area contributed by atoms with E-state index in [2.05, 4.69) is 4.90 Å². The minimum atomic E-state index is 0. The first-order valence-electron chi connectivity index (χ1n) is 11.7. The smallest absolute Gasteiger partial charge is 0.160 e. The number of hydrogen-bond donors (Lipinski definition) is 1. The largest absolute Gasteiger partial charge is 0.504 e. The number of aromatic hydroxyl groups is 1. The van der Waals surface area contributed by atoms with Crippen LogP contribution >= 0.6 is 24.8 Å². The van der Waals surface area contributed by atoms with E-state index in [0.29, 0.717) is 17.4 Å². The van der Waals surface area contributed by atoms with Crippen LogP contribution in [0.2, 0.25) is 0 Å².